The van der Waals surface area contributed by atoms with Crippen molar-refractivity contribution in [3.8, 4) is 0 Å². The van der Waals surface area contributed by atoms with Crippen LogP contribution in [0, 0.1) is 15.9 Å². The highest BCUT2D eigenvalue weighted by molar-refractivity contribution is 5.43. The number of hydrogen-bond donors (Lipinski definition) is 1. The monoisotopic (exact) mass is 226 g/mol. The number of rotatable bonds is 4. The number of halogens is 1. The van der Waals surface area contributed by atoms with E-state index in [9.17, 15) is 14.5 Å². The molecule has 0 saturated carbocycles. The molecule has 0 aliphatic rings. The molecule has 1 aromatic rings. The van der Waals surface area contributed by atoms with Gasteiger partial charge in [-0.15, -0.1) is 0 Å². The molecule has 0 aliphatic heterocycles. The van der Waals surface area contributed by atoms with Gasteiger partial charge in [0, 0.05) is 17.5 Å². The predicted octanol–water partition coefficient (Wildman–Crippen LogP) is 2.45. The topological polar surface area (TPSA) is 55.2 Å². The van der Waals surface area contributed by atoms with Crippen molar-refractivity contribution >= 4 is 5.69 Å². The lowest BCUT2D eigenvalue weighted by Gasteiger charge is -2.19. The van der Waals surface area contributed by atoms with Gasteiger partial charge in [-0.25, -0.2) is 4.39 Å². The van der Waals surface area contributed by atoms with Crippen LogP contribution in [0.5, 0.6) is 0 Å². The molecule has 4 nitrogen and oxygen atoms in total. The van der Waals surface area contributed by atoms with Crippen LogP contribution in [0.4, 0.5) is 10.1 Å². The van der Waals surface area contributed by atoms with Crippen molar-refractivity contribution in [1.82, 2.24) is 5.32 Å². The van der Waals surface area contributed by atoms with Crippen molar-refractivity contribution in [3.63, 3.8) is 0 Å². The highest BCUT2D eigenvalue weighted by Gasteiger charge is 2.22. The van der Waals surface area contributed by atoms with Crippen LogP contribution in [0.1, 0.15) is 25.3 Å². The fourth-order valence-corrected chi connectivity index (χ4v) is 1.58. The molecular formula is C11H15FN2O2. The second kappa shape index (κ2) is 5.03. The summed E-state index contributed by atoms with van der Waals surface area (Å²) in [4.78, 5) is 10.3. The molecule has 0 aliphatic carbocycles. The van der Waals surface area contributed by atoms with Crippen LogP contribution in [0.25, 0.3) is 0 Å². The third kappa shape index (κ3) is 2.55. The number of nitro groups is 1. The standard InChI is InChI=1S/C11H15FN2O2/c1-7(8(2)13-3)10-5-4-9(12)6-11(10)14(15)16/h4-8,13H,1-3H3. The van der Waals surface area contributed by atoms with Gasteiger partial charge in [-0.2, -0.15) is 0 Å². The summed E-state index contributed by atoms with van der Waals surface area (Å²) in [6, 6.07) is 3.78. The van der Waals surface area contributed by atoms with Crippen LogP contribution in [-0.2, 0) is 0 Å². The summed E-state index contributed by atoms with van der Waals surface area (Å²) in [5.41, 5.74) is 0.392. The summed E-state index contributed by atoms with van der Waals surface area (Å²) in [6.07, 6.45) is 0. The van der Waals surface area contributed by atoms with Crippen LogP contribution in [0.15, 0.2) is 18.2 Å². The molecule has 0 bridgehead atoms. The molecule has 0 spiro atoms. The van der Waals surface area contributed by atoms with E-state index in [-0.39, 0.29) is 17.6 Å². The summed E-state index contributed by atoms with van der Waals surface area (Å²) in [5, 5.41) is 13.8. The Balaban J connectivity index is 3.17. The van der Waals surface area contributed by atoms with Crippen molar-refractivity contribution in [1.29, 1.82) is 0 Å². The fourth-order valence-electron chi connectivity index (χ4n) is 1.58. The van der Waals surface area contributed by atoms with E-state index in [0.717, 1.165) is 6.07 Å². The van der Waals surface area contributed by atoms with E-state index in [1.165, 1.54) is 12.1 Å². The van der Waals surface area contributed by atoms with Gasteiger partial charge in [-0.05, 0) is 26.1 Å². The molecule has 0 amide bonds. The van der Waals surface area contributed by atoms with Gasteiger partial charge in [0.25, 0.3) is 5.69 Å². The zero-order valence-corrected chi connectivity index (χ0v) is 9.53. The van der Waals surface area contributed by atoms with E-state index in [1.807, 2.05) is 13.8 Å². The SMILES string of the molecule is CNC(C)C(C)c1ccc(F)cc1[N+](=O)[O-]. The van der Waals surface area contributed by atoms with Gasteiger partial charge < -0.3 is 5.32 Å². The number of hydrogen-bond acceptors (Lipinski definition) is 3. The van der Waals surface area contributed by atoms with Crippen molar-refractivity contribution < 1.29 is 9.31 Å². The molecule has 0 fully saturated rings. The van der Waals surface area contributed by atoms with Gasteiger partial charge in [0.05, 0.1) is 11.0 Å². The molecule has 1 N–H and O–H groups in total. The first-order valence-corrected chi connectivity index (χ1v) is 5.08. The summed E-state index contributed by atoms with van der Waals surface area (Å²) < 4.78 is 12.9. The Labute approximate surface area is 93.6 Å². The lowest BCUT2D eigenvalue weighted by atomic mass is 9.93. The molecule has 0 heterocycles. The number of nitrogens with one attached hydrogen (secondary N) is 1. The molecule has 0 radical (unpaired) electrons. The normalized spacial score (nSPS) is 14.5. The Hall–Kier alpha value is -1.49. The van der Waals surface area contributed by atoms with Gasteiger partial charge in [-0.3, -0.25) is 10.1 Å². The van der Waals surface area contributed by atoms with Crippen LogP contribution in [0.2, 0.25) is 0 Å². The van der Waals surface area contributed by atoms with Crippen molar-refractivity contribution in [2.24, 2.45) is 0 Å². The van der Waals surface area contributed by atoms with Gasteiger partial charge in [0.15, 0.2) is 0 Å². The third-order valence-corrected chi connectivity index (χ3v) is 2.89. The van der Waals surface area contributed by atoms with Crippen molar-refractivity contribution in [2.75, 3.05) is 7.05 Å². The Kier molecular flexibility index (Phi) is 3.95. The maximum absolute atomic E-state index is 12.9. The molecular weight excluding hydrogens is 211 g/mol. The predicted molar refractivity (Wildman–Crippen MR) is 60.0 cm³/mol. The first kappa shape index (κ1) is 12.6. The largest absolute Gasteiger partial charge is 0.317 e. The fraction of sp³-hybridized carbons (Fsp3) is 0.455. The van der Waals surface area contributed by atoms with E-state index in [0.29, 0.717) is 5.56 Å². The molecule has 1 rings (SSSR count). The third-order valence-electron chi connectivity index (χ3n) is 2.89. The summed E-state index contributed by atoms with van der Waals surface area (Å²) in [5.74, 6) is -0.634. The molecule has 1 aromatic carbocycles. The number of nitrogens with zero attached hydrogens (tertiary/aromatic N) is 1. The molecule has 88 valence electrons. The maximum Gasteiger partial charge on any atom is 0.275 e. The van der Waals surface area contributed by atoms with Gasteiger partial charge in [0.2, 0.25) is 0 Å². The zero-order chi connectivity index (χ0) is 12.3. The summed E-state index contributed by atoms with van der Waals surface area (Å²) >= 11 is 0. The zero-order valence-electron chi connectivity index (χ0n) is 9.53. The van der Waals surface area contributed by atoms with Crippen LogP contribution in [0.3, 0.4) is 0 Å². The minimum absolute atomic E-state index is 0.0500. The van der Waals surface area contributed by atoms with E-state index in [4.69, 9.17) is 0 Å². The Morgan fingerprint density at radius 1 is 1.44 bits per heavy atom. The van der Waals surface area contributed by atoms with E-state index in [1.54, 1.807) is 7.05 Å². The molecule has 5 heteroatoms. The van der Waals surface area contributed by atoms with Gasteiger partial charge in [0.1, 0.15) is 5.82 Å². The van der Waals surface area contributed by atoms with Gasteiger partial charge in [-0.1, -0.05) is 6.92 Å². The van der Waals surface area contributed by atoms with Gasteiger partial charge >= 0.3 is 0 Å². The van der Waals surface area contributed by atoms with Crippen LogP contribution in [-0.4, -0.2) is 18.0 Å². The smallest absolute Gasteiger partial charge is 0.275 e. The number of likely N-dealkylation sites (N-methyl/N-ethyl adjacent to an activating group) is 1. The highest BCUT2D eigenvalue weighted by Crippen LogP contribution is 2.29. The van der Waals surface area contributed by atoms with Crippen molar-refractivity contribution in [2.45, 2.75) is 25.8 Å². The minimum Gasteiger partial charge on any atom is -0.317 e. The average molecular weight is 226 g/mol. The second-order valence-electron chi connectivity index (χ2n) is 3.83. The Bertz CT molecular complexity index is 396. The molecule has 2 atom stereocenters. The summed E-state index contributed by atoms with van der Waals surface area (Å²) in [7, 11) is 1.79. The first-order chi connectivity index (χ1) is 7.47. The van der Waals surface area contributed by atoms with E-state index < -0.39 is 10.7 Å². The molecule has 0 aromatic heterocycles. The van der Waals surface area contributed by atoms with E-state index in [2.05, 4.69) is 5.32 Å². The Morgan fingerprint density at radius 2 is 2.06 bits per heavy atom. The molecule has 0 saturated heterocycles. The lowest BCUT2D eigenvalue weighted by molar-refractivity contribution is -0.385. The maximum atomic E-state index is 12.9. The quantitative estimate of drug-likeness (QED) is 0.633. The minimum atomic E-state index is -0.584. The lowest BCUT2D eigenvalue weighted by Crippen LogP contribution is -2.27. The number of nitro benzene ring substituents is 1. The first-order valence-electron chi connectivity index (χ1n) is 5.08. The summed E-state index contributed by atoms with van der Waals surface area (Å²) in [6.45, 7) is 3.80. The van der Waals surface area contributed by atoms with Crippen LogP contribution < -0.4 is 5.32 Å². The van der Waals surface area contributed by atoms with Crippen molar-refractivity contribution in [3.05, 3.63) is 39.7 Å². The number of benzene rings is 1. The Morgan fingerprint density at radius 3 is 2.56 bits per heavy atom. The van der Waals surface area contributed by atoms with Crippen LogP contribution >= 0.6 is 0 Å². The van der Waals surface area contributed by atoms with E-state index >= 15 is 0 Å². The molecule has 16 heavy (non-hydrogen) atoms. The second-order valence-corrected chi connectivity index (χ2v) is 3.83. The highest BCUT2D eigenvalue weighted by atomic mass is 19.1. The molecule has 2 unspecified atom stereocenters. The average Bonchev–Trinajstić information content (AvgIpc) is 2.26.